The van der Waals surface area contributed by atoms with Crippen molar-refractivity contribution < 1.29 is 14.3 Å². The summed E-state index contributed by atoms with van der Waals surface area (Å²) in [6, 6.07) is -0.209. The highest BCUT2D eigenvalue weighted by atomic mass is 16.6. The topological polar surface area (TPSA) is 47.6 Å². The van der Waals surface area contributed by atoms with E-state index in [2.05, 4.69) is 5.32 Å². The van der Waals surface area contributed by atoms with Crippen molar-refractivity contribution >= 4 is 5.97 Å². The molecule has 4 heteroatoms. The molecule has 0 spiro atoms. The van der Waals surface area contributed by atoms with Crippen LogP contribution in [0.2, 0.25) is 0 Å². The molecule has 14 heavy (non-hydrogen) atoms. The number of carbonyl (C=O) groups is 1. The van der Waals surface area contributed by atoms with E-state index in [0.29, 0.717) is 6.42 Å². The SMILES string of the molecule is CO[C@@H]1CN[C@@H](C(=O)OC(C)(C)C)C1. The van der Waals surface area contributed by atoms with Gasteiger partial charge in [0.15, 0.2) is 0 Å². The minimum Gasteiger partial charge on any atom is -0.459 e. The number of nitrogens with one attached hydrogen (secondary N) is 1. The number of hydrogen-bond acceptors (Lipinski definition) is 4. The molecule has 0 radical (unpaired) electrons. The third-order valence-corrected chi connectivity index (χ3v) is 2.12. The molecule has 4 nitrogen and oxygen atoms in total. The van der Waals surface area contributed by atoms with Gasteiger partial charge in [0.1, 0.15) is 11.6 Å². The van der Waals surface area contributed by atoms with Crippen molar-refractivity contribution in [3.63, 3.8) is 0 Å². The zero-order valence-corrected chi connectivity index (χ0v) is 9.29. The predicted molar refractivity (Wildman–Crippen MR) is 53.0 cm³/mol. The van der Waals surface area contributed by atoms with E-state index in [1.165, 1.54) is 0 Å². The van der Waals surface area contributed by atoms with Crippen LogP contribution in [0.5, 0.6) is 0 Å². The van der Waals surface area contributed by atoms with E-state index in [9.17, 15) is 4.79 Å². The fraction of sp³-hybridized carbons (Fsp3) is 0.900. The number of rotatable bonds is 2. The Balaban J connectivity index is 2.40. The quantitative estimate of drug-likeness (QED) is 0.668. The lowest BCUT2D eigenvalue weighted by Crippen LogP contribution is -2.37. The maximum absolute atomic E-state index is 11.6. The number of esters is 1. The Labute approximate surface area is 85.0 Å². The molecule has 0 saturated carbocycles. The van der Waals surface area contributed by atoms with Crippen LogP contribution < -0.4 is 5.32 Å². The van der Waals surface area contributed by atoms with E-state index in [1.807, 2.05) is 20.8 Å². The fourth-order valence-electron chi connectivity index (χ4n) is 1.44. The summed E-state index contributed by atoms with van der Waals surface area (Å²) >= 11 is 0. The Kier molecular flexibility index (Phi) is 3.50. The van der Waals surface area contributed by atoms with Crippen molar-refractivity contribution in [1.82, 2.24) is 5.32 Å². The Morgan fingerprint density at radius 3 is 2.50 bits per heavy atom. The van der Waals surface area contributed by atoms with Gasteiger partial charge in [-0.1, -0.05) is 0 Å². The van der Waals surface area contributed by atoms with Gasteiger partial charge < -0.3 is 14.8 Å². The number of carbonyl (C=O) groups excluding carboxylic acids is 1. The summed E-state index contributed by atoms with van der Waals surface area (Å²) in [7, 11) is 1.66. The van der Waals surface area contributed by atoms with Gasteiger partial charge >= 0.3 is 5.97 Å². The molecule has 2 atom stereocenters. The van der Waals surface area contributed by atoms with Crippen LogP contribution in [-0.4, -0.2) is 37.4 Å². The van der Waals surface area contributed by atoms with Gasteiger partial charge in [0.25, 0.3) is 0 Å². The van der Waals surface area contributed by atoms with Crippen LogP contribution in [0.3, 0.4) is 0 Å². The molecule has 82 valence electrons. The van der Waals surface area contributed by atoms with Gasteiger partial charge in [-0.25, -0.2) is 0 Å². The Morgan fingerprint density at radius 1 is 1.43 bits per heavy atom. The molecule has 1 saturated heterocycles. The first kappa shape index (κ1) is 11.5. The van der Waals surface area contributed by atoms with Gasteiger partial charge in [0, 0.05) is 20.1 Å². The summed E-state index contributed by atoms with van der Waals surface area (Å²) in [5.41, 5.74) is -0.413. The summed E-state index contributed by atoms with van der Waals surface area (Å²) in [6.07, 6.45) is 0.832. The van der Waals surface area contributed by atoms with E-state index in [4.69, 9.17) is 9.47 Å². The van der Waals surface area contributed by atoms with Gasteiger partial charge in [-0.15, -0.1) is 0 Å². The summed E-state index contributed by atoms with van der Waals surface area (Å²) in [4.78, 5) is 11.6. The normalized spacial score (nSPS) is 27.7. The monoisotopic (exact) mass is 201 g/mol. The van der Waals surface area contributed by atoms with Crippen LogP contribution in [0.15, 0.2) is 0 Å². The molecule has 1 aliphatic rings. The molecule has 1 aliphatic heterocycles. The zero-order valence-electron chi connectivity index (χ0n) is 9.29. The lowest BCUT2D eigenvalue weighted by atomic mass is 10.1. The molecule has 1 fully saturated rings. The number of ether oxygens (including phenoxy) is 2. The summed E-state index contributed by atoms with van der Waals surface area (Å²) < 4.78 is 10.4. The lowest BCUT2D eigenvalue weighted by molar-refractivity contribution is -0.157. The lowest BCUT2D eigenvalue weighted by Gasteiger charge is -2.21. The minimum absolute atomic E-state index is 0.132. The van der Waals surface area contributed by atoms with Crippen molar-refractivity contribution in [2.45, 2.75) is 44.9 Å². The Morgan fingerprint density at radius 2 is 2.07 bits per heavy atom. The first-order valence-corrected chi connectivity index (χ1v) is 4.91. The highest BCUT2D eigenvalue weighted by molar-refractivity contribution is 5.76. The van der Waals surface area contributed by atoms with E-state index in [-0.39, 0.29) is 18.1 Å². The Bertz CT molecular complexity index is 210. The molecule has 0 aromatic carbocycles. The van der Waals surface area contributed by atoms with Crippen molar-refractivity contribution in [2.75, 3.05) is 13.7 Å². The highest BCUT2D eigenvalue weighted by Crippen LogP contribution is 2.15. The smallest absolute Gasteiger partial charge is 0.323 e. The van der Waals surface area contributed by atoms with Crippen LogP contribution in [0, 0.1) is 0 Å². The molecule has 1 heterocycles. The van der Waals surface area contributed by atoms with E-state index in [0.717, 1.165) is 6.54 Å². The molecule has 0 aliphatic carbocycles. The molecule has 0 unspecified atom stereocenters. The second-order valence-corrected chi connectivity index (χ2v) is 4.59. The van der Waals surface area contributed by atoms with Crippen LogP contribution in [-0.2, 0) is 14.3 Å². The number of methoxy groups -OCH3 is 1. The van der Waals surface area contributed by atoms with Gasteiger partial charge in [0.05, 0.1) is 6.10 Å². The van der Waals surface area contributed by atoms with Gasteiger partial charge in [-0.2, -0.15) is 0 Å². The van der Waals surface area contributed by atoms with Crippen LogP contribution in [0.4, 0.5) is 0 Å². The van der Waals surface area contributed by atoms with Crippen molar-refractivity contribution in [1.29, 1.82) is 0 Å². The van der Waals surface area contributed by atoms with Gasteiger partial charge in [-0.05, 0) is 20.8 Å². The predicted octanol–water partition coefficient (Wildman–Crippen LogP) is 0.705. The summed E-state index contributed by atoms with van der Waals surface area (Å²) in [6.45, 7) is 6.33. The molecule has 1 N–H and O–H groups in total. The first-order chi connectivity index (χ1) is 6.42. The van der Waals surface area contributed by atoms with E-state index < -0.39 is 5.60 Å². The largest absolute Gasteiger partial charge is 0.459 e. The van der Waals surface area contributed by atoms with Crippen LogP contribution >= 0.6 is 0 Å². The van der Waals surface area contributed by atoms with E-state index >= 15 is 0 Å². The third-order valence-electron chi connectivity index (χ3n) is 2.12. The molecular formula is C10H19NO3. The van der Waals surface area contributed by atoms with Crippen molar-refractivity contribution in [2.24, 2.45) is 0 Å². The second kappa shape index (κ2) is 4.28. The molecule has 0 aromatic heterocycles. The van der Waals surface area contributed by atoms with Crippen molar-refractivity contribution in [3.05, 3.63) is 0 Å². The maximum atomic E-state index is 11.6. The average molecular weight is 201 g/mol. The number of hydrogen-bond donors (Lipinski definition) is 1. The zero-order chi connectivity index (χ0) is 10.8. The Hall–Kier alpha value is -0.610. The minimum atomic E-state index is -0.413. The third kappa shape index (κ3) is 3.27. The van der Waals surface area contributed by atoms with Crippen molar-refractivity contribution in [3.8, 4) is 0 Å². The highest BCUT2D eigenvalue weighted by Gasteiger charge is 2.32. The fourth-order valence-corrected chi connectivity index (χ4v) is 1.44. The molecule has 0 amide bonds. The average Bonchev–Trinajstić information content (AvgIpc) is 2.48. The maximum Gasteiger partial charge on any atom is 0.323 e. The van der Waals surface area contributed by atoms with Crippen LogP contribution in [0.25, 0.3) is 0 Å². The van der Waals surface area contributed by atoms with E-state index in [1.54, 1.807) is 7.11 Å². The van der Waals surface area contributed by atoms with Gasteiger partial charge in [0.2, 0.25) is 0 Å². The first-order valence-electron chi connectivity index (χ1n) is 4.91. The van der Waals surface area contributed by atoms with Gasteiger partial charge in [-0.3, -0.25) is 4.79 Å². The molecule has 1 rings (SSSR count). The molecule has 0 aromatic rings. The van der Waals surface area contributed by atoms with Crippen LogP contribution in [0.1, 0.15) is 27.2 Å². The summed E-state index contributed by atoms with van der Waals surface area (Å²) in [5, 5.41) is 3.08. The molecule has 0 bridgehead atoms. The summed E-state index contributed by atoms with van der Waals surface area (Å²) in [5.74, 6) is -0.183. The standard InChI is InChI=1S/C10H19NO3/c1-10(2,3)14-9(12)8-5-7(13-4)6-11-8/h7-8,11H,5-6H2,1-4H3/t7-,8+/m0/s1. The molecular weight excluding hydrogens is 182 g/mol. The second-order valence-electron chi connectivity index (χ2n) is 4.59.